The van der Waals surface area contributed by atoms with E-state index in [-0.39, 0.29) is 11.9 Å². The summed E-state index contributed by atoms with van der Waals surface area (Å²) in [6.45, 7) is 6.35. The van der Waals surface area contributed by atoms with E-state index >= 15 is 0 Å². The van der Waals surface area contributed by atoms with E-state index in [1.807, 2.05) is 37.3 Å². The maximum absolute atomic E-state index is 13.1. The van der Waals surface area contributed by atoms with Gasteiger partial charge >= 0.3 is 5.97 Å². The van der Waals surface area contributed by atoms with Crippen molar-refractivity contribution in [2.45, 2.75) is 26.2 Å². The van der Waals surface area contributed by atoms with Crippen molar-refractivity contribution in [1.29, 1.82) is 0 Å². The smallest absolute Gasteiger partial charge is 0.338 e. The third-order valence-corrected chi connectivity index (χ3v) is 5.01. The number of ether oxygens (including phenoxy) is 1. The average Bonchev–Trinajstić information content (AvgIpc) is 2.76. The molecule has 0 saturated carbocycles. The Kier molecular flexibility index (Phi) is 7.06. The van der Waals surface area contributed by atoms with Crippen LogP contribution in [0.4, 0.5) is 5.69 Å². The molecule has 0 aliphatic carbocycles. The summed E-state index contributed by atoms with van der Waals surface area (Å²) in [4.78, 5) is 27.3. The third-order valence-electron chi connectivity index (χ3n) is 5.01. The zero-order valence-electron chi connectivity index (χ0n) is 17.1. The van der Waals surface area contributed by atoms with Crippen LogP contribution < -0.4 is 10.2 Å². The van der Waals surface area contributed by atoms with Gasteiger partial charge in [0.2, 0.25) is 5.91 Å². The third kappa shape index (κ3) is 4.86. The highest BCUT2D eigenvalue weighted by Gasteiger charge is 2.27. The molecule has 0 fully saturated rings. The van der Waals surface area contributed by atoms with E-state index in [2.05, 4.69) is 28.4 Å². The number of hydrogen-bond acceptors (Lipinski definition) is 4. The van der Waals surface area contributed by atoms with E-state index in [4.69, 9.17) is 4.74 Å². The number of likely N-dealkylation sites (N-methyl/N-ethyl adjacent to an activating group) is 1. The van der Waals surface area contributed by atoms with Crippen LogP contribution in [0.5, 0.6) is 0 Å². The fraction of sp³-hybridized carbons (Fsp3) is 0.333. The first-order valence-electron chi connectivity index (χ1n) is 10.2. The predicted octanol–water partition coefficient (Wildman–Crippen LogP) is 3.90. The minimum Gasteiger partial charge on any atom is -0.462 e. The molecule has 2 aromatic rings. The van der Waals surface area contributed by atoms with Crippen LogP contribution in [0.3, 0.4) is 0 Å². The van der Waals surface area contributed by atoms with Crippen LogP contribution in [-0.2, 0) is 9.53 Å². The Morgan fingerprint density at radius 3 is 2.48 bits per heavy atom. The molecule has 29 heavy (non-hydrogen) atoms. The van der Waals surface area contributed by atoms with Crippen molar-refractivity contribution in [3.05, 3.63) is 77.4 Å². The number of rotatable bonds is 7. The van der Waals surface area contributed by atoms with Gasteiger partial charge in [-0.15, -0.1) is 0 Å². The topological polar surface area (TPSA) is 58.6 Å². The molecule has 2 aromatic carbocycles. The quantitative estimate of drug-likeness (QED) is 0.574. The second kappa shape index (κ2) is 9.92. The largest absolute Gasteiger partial charge is 0.462 e. The van der Waals surface area contributed by atoms with Crippen molar-refractivity contribution in [3.8, 4) is 0 Å². The molecule has 1 aliphatic heterocycles. The molecule has 1 N–H and O–H groups in total. The highest BCUT2D eigenvalue weighted by atomic mass is 16.5. The molecule has 1 aliphatic rings. The number of anilines is 1. The van der Waals surface area contributed by atoms with Gasteiger partial charge in [-0.05, 0) is 49.6 Å². The Labute approximate surface area is 172 Å². The lowest BCUT2D eigenvalue weighted by Gasteiger charge is -2.30. The Morgan fingerprint density at radius 1 is 1.07 bits per heavy atom. The molecular weight excluding hydrogens is 364 g/mol. The van der Waals surface area contributed by atoms with Crippen LogP contribution in [-0.4, -0.2) is 38.1 Å². The van der Waals surface area contributed by atoms with Gasteiger partial charge in [0.15, 0.2) is 0 Å². The molecular formula is C24H28N2O3. The first-order valence-corrected chi connectivity index (χ1v) is 10.2. The van der Waals surface area contributed by atoms with Crippen molar-refractivity contribution in [1.82, 2.24) is 5.32 Å². The Morgan fingerprint density at radius 2 is 1.83 bits per heavy atom. The number of para-hydroxylation sites is 1. The summed E-state index contributed by atoms with van der Waals surface area (Å²) in [5.41, 5.74) is 3.38. The van der Waals surface area contributed by atoms with E-state index in [9.17, 15) is 9.59 Å². The Balaban J connectivity index is 2.00. The SMILES string of the molecule is CCNC(=O)C(c1ccc(C(=O)OCC)cc1)c1ccccc1N1CC=CCC1. The molecule has 0 saturated heterocycles. The van der Waals surface area contributed by atoms with Crippen molar-refractivity contribution < 1.29 is 14.3 Å². The Bertz CT molecular complexity index is 874. The fourth-order valence-corrected chi connectivity index (χ4v) is 3.65. The van der Waals surface area contributed by atoms with Gasteiger partial charge in [0, 0.05) is 25.3 Å². The molecule has 1 amide bonds. The summed E-state index contributed by atoms with van der Waals surface area (Å²) in [5, 5.41) is 2.97. The fourth-order valence-electron chi connectivity index (χ4n) is 3.65. The van der Waals surface area contributed by atoms with Gasteiger partial charge in [-0.1, -0.05) is 42.5 Å². The maximum atomic E-state index is 13.1. The van der Waals surface area contributed by atoms with Crippen molar-refractivity contribution in [2.24, 2.45) is 0 Å². The number of carbonyl (C=O) groups excluding carboxylic acids is 2. The number of carbonyl (C=O) groups is 2. The van der Waals surface area contributed by atoms with Crippen molar-refractivity contribution in [3.63, 3.8) is 0 Å². The number of nitrogens with zero attached hydrogens (tertiary/aromatic N) is 1. The van der Waals surface area contributed by atoms with Crippen LogP contribution >= 0.6 is 0 Å². The standard InChI is InChI=1S/C24H28N2O3/c1-3-25-23(27)22(18-12-14-19(15-13-18)24(28)29-4-2)20-10-6-7-11-21(20)26-16-8-5-9-17-26/h5-8,10-15,22H,3-4,9,16-17H2,1-2H3,(H,25,27). The van der Waals surface area contributed by atoms with Gasteiger partial charge in [0.05, 0.1) is 18.1 Å². The van der Waals surface area contributed by atoms with Gasteiger partial charge in [-0.3, -0.25) is 4.79 Å². The minimum absolute atomic E-state index is 0.0450. The summed E-state index contributed by atoms with van der Waals surface area (Å²) < 4.78 is 5.07. The summed E-state index contributed by atoms with van der Waals surface area (Å²) >= 11 is 0. The average molecular weight is 392 g/mol. The highest BCUT2D eigenvalue weighted by molar-refractivity contribution is 5.91. The molecule has 152 valence electrons. The predicted molar refractivity (Wildman–Crippen MR) is 115 cm³/mol. The molecule has 5 nitrogen and oxygen atoms in total. The van der Waals surface area contributed by atoms with E-state index in [1.54, 1.807) is 19.1 Å². The van der Waals surface area contributed by atoms with Crippen LogP contribution in [0.1, 0.15) is 47.7 Å². The van der Waals surface area contributed by atoms with Crippen LogP contribution in [0.2, 0.25) is 0 Å². The lowest BCUT2D eigenvalue weighted by Crippen LogP contribution is -2.33. The summed E-state index contributed by atoms with van der Waals surface area (Å²) in [6.07, 6.45) is 5.35. The molecule has 1 unspecified atom stereocenters. The zero-order valence-corrected chi connectivity index (χ0v) is 17.1. The number of amides is 1. The van der Waals surface area contributed by atoms with E-state index < -0.39 is 5.92 Å². The zero-order chi connectivity index (χ0) is 20.6. The molecule has 5 heteroatoms. The van der Waals surface area contributed by atoms with Gasteiger partial charge in [0.25, 0.3) is 0 Å². The second-order valence-electron chi connectivity index (χ2n) is 6.93. The lowest BCUT2D eigenvalue weighted by atomic mass is 9.88. The lowest BCUT2D eigenvalue weighted by molar-refractivity contribution is -0.121. The molecule has 0 aromatic heterocycles. The van der Waals surface area contributed by atoms with Crippen molar-refractivity contribution in [2.75, 3.05) is 31.1 Å². The van der Waals surface area contributed by atoms with E-state index in [0.717, 1.165) is 36.3 Å². The second-order valence-corrected chi connectivity index (χ2v) is 6.93. The molecule has 0 bridgehead atoms. The number of nitrogens with one attached hydrogen (secondary N) is 1. The molecule has 3 rings (SSSR count). The highest BCUT2D eigenvalue weighted by Crippen LogP contribution is 2.34. The summed E-state index contributed by atoms with van der Waals surface area (Å²) in [5.74, 6) is -0.848. The number of benzene rings is 2. The summed E-state index contributed by atoms with van der Waals surface area (Å²) in [7, 11) is 0. The van der Waals surface area contributed by atoms with Crippen LogP contribution in [0, 0.1) is 0 Å². The molecule has 1 atom stereocenters. The summed E-state index contributed by atoms with van der Waals surface area (Å²) in [6, 6.07) is 15.2. The van der Waals surface area contributed by atoms with Crippen LogP contribution in [0.25, 0.3) is 0 Å². The van der Waals surface area contributed by atoms with Crippen LogP contribution in [0.15, 0.2) is 60.7 Å². The van der Waals surface area contributed by atoms with Gasteiger partial charge in [-0.2, -0.15) is 0 Å². The molecule has 0 spiro atoms. The van der Waals surface area contributed by atoms with E-state index in [0.29, 0.717) is 18.7 Å². The number of esters is 1. The molecule has 0 radical (unpaired) electrons. The van der Waals surface area contributed by atoms with E-state index in [1.165, 1.54) is 0 Å². The number of hydrogen-bond donors (Lipinski definition) is 1. The molecule has 1 heterocycles. The Hall–Kier alpha value is -3.08. The van der Waals surface area contributed by atoms with Gasteiger partial charge < -0.3 is 15.0 Å². The van der Waals surface area contributed by atoms with Crippen molar-refractivity contribution >= 4 is 17.6 Å². The normalized spacial score (nSPS) is 14.3. The van der Waals surface area contributed by atoms with Gasteiger partial charge in [0.1, 0.15) is 0 Å². The monoisotopic (exact) mass is 392 g/mol. The maximum Gasteiger partial charge on any atom is 0.338 e. The first kappa shape index (κ1) is 20.6. The minimum atomic E-state index is -0.451. The van der Waals surface area contributed by atoms with Gasteiger partial charge in [-0.25, -0.2) is 4.79 Å². The first-order chi connectivity index (χ1) is 14.2.